The first-order valence-electron chi connectivity index (χ1n) is 5.14. The highest BCUT2D eigenvalue weighted by atomic mass is 35.5. The molecule has 0 aliphatic carbocycles. The summed E-state index contributed by atoms with van der Waals surface area (Å²) in [6, 6.07) is 4.79. The Labute approximate surface area is 104 Å². The van der Waals surface area contributed by atoms with Crippen LogP contribution in [0.1, 0.15) is 18.0 Å². The Bertz CT molecular complexity index is 409. The minimum Gasteiger partial charge on any atom is -0.354 e. The molecule has 0 saturated carbocycles. The molecule has 0 bridgehead atoms. The lowest BCUT2D eigenvalue weighted by atomic mass is 10.1. The Kier molecular flexibility index (Phi) is 3.69. The van der Waals surface area contributed by atoms with Gasteiger partial charge in [-0.05, 0) is 30.7 Å². The fourth-order valence-electron chi connectivity index (χ4n) is 1.73. The average molecular weight is 259 g/mol. The van der Waals surface area contributed by atoms with Crippen molar-refractivity contribution in [2.24, 2.45) is 0 Å². The lowest BCUT2D eigenvalue weighted by Gasteiger charge is -2.16. The van der Waals surface area contributed by atoms with E-state index in [4.69, 9.17) is 23.2 Å². The van der Waals surface area contributed by atoms with Gasteiger partial charge in [-0.1, -0.05) is 29.3 Å². The molecule has 1 aromatic rings. The molecule has 1 unspecified atom stereocenters. The predicted molar refractivity (Wildman–Crippen MR) is 64.8 cm³/mol. The Morgan fingerprint density at radius 1 is 1.25 bits per heavy atom. The van der Waals surface area contributed by atoms with Crippen LogP contribution in [0, 0.1) is 0 Å². The predicted octanol–water partition coefficient (Wildman–Crippen LogP) is 2.14. The Morgan fingerprint density at radius 3 is 2.81 bits per heavy atom. The number of carbonyl (C=O) groups excluding carboxylic acids is 1. The van der Waals surface area contributed by atoms with Crippen LogP contribution < -0.4 is 10.6 Å². The van der Waals surface area contributed by atoms with Gasteiger partial charge in [0.15, 0.2) is 0 Å². The van der Waals surface area contributed by atoms with E-state index < -0.39 is 0 Å². The minimum atomic E-state index is -0.382. The molecule has 2 rings (SSSR count). The molecule has 16 heavy (non-hydrogen) atoms. The van der Waals surface area contributed by atoms with Crippen LogP contribution >= 0.6 is 23.2 Å². The summed E-state index contributed by atoms with van der Waals surface area (Å²) in [6.07, 6.45) is 0.924. The maximum atomic E-state index is 11.8. The van der Waals surface area contributed by atoms with Crippen molar-refractivity contribution < 1.29 is 4.79 Å². The lowest BCUT2D eigenvalue weighted by Crippen LogP contribution is -2.33. The SMILES string of the molecule is O=C1NCCCNC1c1ccc(Cl)cc1Cl. The van der Waals surface area contributed by atoms with E-state index in [2.05, 4.69) is 10.6 Å². The number of benzene rings is 1. The van der Waals surface area contributed by atoms with E-state index >= 15 is 0 Å². The van der Waals surface area contributed by atoms with Gasteiger partial charge in [0.1, 0.15) is 6.04 Å². The number of hydrogen-bond donors (Lipinski definition) is 2. The van der Waals surface area contributed by atoms with Crippen LogP contribution in [0.2, 0.25) is 10.0 Å². The van der Waals surface area contributed by atoms with Gasteiger partial charge >= 0.3 is 0 Å². The van der Waals surface area contributed by atoms with Crippen LogP contribution in [0.25, 0.3) is 0 Å². The maximum absolute atomic E-state index is 11.8. The van der Waals surface area contributed by atoms with Gasteiger partial charge in [-0.15, -0.1) is 0 Å². The monoisotopic (exact) mass is 258 g/mol. The van der Waals surface area contributed by atoms with E-state index in [0.29, 0.717) is 16.6 Å². The normalized spacial score (nSPS) is 21.4. The molecular formula is C11H12Cl2N2O. The third kappa shape index (κ3) is 2.48. The number of amides is 1. The molecule has 0 radical (unpaired) electrons. The van der Waals surface area contributed by atoms with Gasteiger partial charge in [0.25, 0.3) is 0 Å². The summed E-state index contributed by atoms with van der Waals surface area (Å²) in [5.74, 6) is -0.0401. The highest BCUT2D eigenvalue weighted by molar-refractivity contribution is 6.35. The van der Waals surface area contributed by atoms with Gasteiger partial charge in [0, 0.05) is 16.6 Å². The van der Waals surface area contributed by atoms with Crippen molar-refractivity contribution in [2.45, 2.75) is 12.5 Å². The van der Waals surface area contributed by atoms with Gasteiger partial charge in [0.2, 0.25) is 5.91 Å². The topological polar surface area (TPSA) is 41.1 Å². The van der Waals surface area contributed by atoms with Gasteiger partial charge in [-0.3, -0.25) is 4.79 Å². The second-order valence-corrected chi connectivity index (χ2v) is 4.54. The number of carbonyl (C=O) groups is 1. The molecule has 1 aliphatic rings. The molecule has 0 spiro atoms. The highest BCUT2D eigenvalue weighted by Gasteiger charge is 2.23. The molecule has 1 atom stereocenters. The van der Waals surface area contributed by atoms with E-state index in [1.807, 2.05) is 0 Å². The zero-order valence-corrected chi connectivity index (χ0v) is 10.1. The van der Waals surface area contributed by atoms with Crippen molar-refractivity contribution in [3.8, 4) is 0 Å². The lowest BCUT2D eigenvalue weighted by molar-refractivity contribution is -0.122. The van der Waals surface area contributed by atoms with Gasteiger partial charge in [-0.25, -0.2) is 0 Å². The fraction of sp³-hybridized carbons (Fsp3) is 0.364. The quantitative estimate of drug-likeness (QED) is 0.811. The first kappa shape index (κ1) is 11.7. The van der Waals surface area contributed by atoms with E-state index in [0.717, 1.165) is 18.5 Å². The summed E-state index contributed by atoms with van der Waals surface area (Å²) in [4.78, 5) is 11.8. The van der Waals surface area contributed by atoms with Crippen LogP contribution in [0.5, 0.6) is 0 Å². The van der Waals surface area contributed by atoms with Crippen molar-refractivity contribution in [2.75, 3.05) is 13.1 Å². The largest absolute Gasteiger partial charge is 0.354 e. The zero-order chi connectivity index (χ0) is 11.5. The standard InChI is InChI=1S/C11H12Cl2N2O/c12-7-2-3-8(9(13)6-7)10-11(16)15-5-1-4-14-10/h2-3,6,10,14H,1,4-5H2,(H,15,16). The molecule has 2 N–H and O–H groups in total. The summed E-state index contributed by atoms with van der Waals surface area (Å²) >= 11 is 11.9. The molecule has 1 aromatic carbocycles. The van der Waals surface area contributed by atoms with Crippen LogP contribution in [0.15, 0.2) is 18.2 Å². The molecule has 5 heteroatoms. The van der Waals surface area contributed by atoms with E-state index in [1.165, 1.54) is 0 Å². The van der Waals surface area contributed by atoms with Crippen molar-refractivity contribution >= 4 is 29.1 Å². The van der Waals surface area contributed by atoms with E-state index in [9.17, 15) is 4.79 Å². The van der Waals surface area contributed by atoms with Crippen LogP contribution in [-0.2, 0) is 4.79 Å². The first-order chi connectivity index (χ1) is 7.68. The average Bonchev–Trinajstić information content (AvgIpc) is 2.44. The fourth-order valence-corrected chi connectivity index (χ4v) is 2.25. The molecular weight excluding hydrogens is 247 g/mol. The molecule has 86 valence electrons. The zero-order valence-electron chi connectivity index (χ0n) is 8.59. The molecule has 1 fully saturated rings. The second kappa shape index (κ2) is 5.04. The second-order valence-electron chi connectivity index (χ2n) is 3.70. The van der Waals surface area contributed by atoms with Crippen molar-refractivity contribution in [1.29, 1.82) is 0 Å². The number of nitrogens with one attached hydrogen (secondary N) is 2. The van der Waals surface area contributed by atoms with Crippen LogP contribution in [0.3, 0.4) is 0 Å². The summed E-state index contributed by atoms with van der Waals surface area (Å²) in [5.41, 5.74) is 0.769. The smallest absolute Gasteiger partial charge is 0.241 e. The van der Waals surface area contributed by atoms with Crippen molar-refractivity contribution in [3.63, 3.8) is 0 Å². The Balaban J connectivity index is 2.30. The van der Waals surface area contributed by atoms with Gasteiger partial charge < -0.3 is 10.6 Å². The molecule has 1 saturated heterocycles. The third-order valence-corrected chi connectivity index (χ3v) is 3.10. The minimum absolute atomic E-state index is 0.0401. The van der Waals surface area contributed by atoms with Crippen molar-refractivity contribution in [1.82, 2.24) is 10.6 Å². The summed E-state index contributed by atoms with van der Waals surface area (Å²) in [6.45, 7) is 1.50. The number of halogens is 2. The highest BCUT2D eigenvalue weighted by Crippen LogP contribution is 2.26. The molecule has 1 heterocycles. The van der Waals surface area contributed by atoms with Crippen molar-refractivity contribution in [3.05, 3.63) is 33.8 Å². The Hall–Kier alpha value is -0.770. The van der Waals surface area contributed by atoms with E-state index in [1.54, 1.807) is 18.2 Å². The molecule has 3 nitrogen and oxygen atoms in total. The van der Waals surface area contributed by atoms with Crippen LogP contribution in [-0.4, -0.2) is 19.0 Å². The van der Waals surface area contributed by atoms with Crippen LogP contribution in [0.4, 0.5) is 0 Å². The summed E-state index contributed by atoms with van der Waals surface area (Å²) < 4.78 is 0. The number of rotatable bonds is 1. The third-order valence-electron chi connectivity index (χ3n) is 2.54. The number of hydrogen-bond acceptors (Lipinski definition) is 2. The van der Waals surface area contributed by atoms with Gasteiger partial charge in [0.05, 0.1) is 0 Å². The first-order valence-corrected chi connectivity index (χ1v) is 5.90. The molecule has 0 aromatic heterocycles. The Morgan fingerprint density at radius 2 is 2.06 bits per heavy atom. The van der Waals surface area contributed by atoms with E-state index in [-0.39, 0.29) is 11.9 Å². The molecule has 1 amide bonds. The van der Waals surface area contributed by atoms with Gasteiger partial charge in [-0.2, -0.15) is 0 Å². The molecule has 1 aliphatic heterocycles. The maximum Gasteiger partial charge on any atom is 0.241 e. The summed E-state index contributed by atoms with van der Waals surface area (Å²) in [5, 5.41) is 7.10. The summed E-state index contributed by atoms with van der Waals surface area (Å²) in [7, 11) is 0.